The van der Waals surface area contributed by atoms with Gasteiger partial charge in [0.15, 0.2) is 11.5 Å². The van der Waals surface area contributed by atoms with Crippen LogP contribution in [0.3, 0.4) is 0 Å². The fraction of sp³-hybridized carbons (Fsp3) is 0.400. The van der Waals surface area contributed by atoms with Gasteiger partial charge in [0.2, 0.25) is 0 Å². The number of oxime groups is 1. The van der Waals surface area contributed by atoms with Gasteiger partial charge in [-0.05, 0) is 0 Å². The van der Waals surface area contributed by atoms with E-state index in [0.29, 0.717) is 23.3 Å². The maximum atomic E-state index is 9.15. The minimum absolute atomic E-state index is 0.250. The summed E-state index contributed by atoms with van der Waals surface area (Å²) < 4.78 is 7.26. The van der Waals surface area contributed by atoms with Crippen LogP contribution in [0.2, 0.25) is 0 Å². The van der Waals surface area contributed by atoms with E-state index in [2.05, 4.69) is 20.1 Å². The van der Waals surface area contributed by atoms with E-state index >= 15 is 0 Å². The van der Waals surface area contributed by atoms with Crippen LogP contribution in [0.4, 0.5) is 5.82 Å². The lowest BCUT2D eigenvalue weighted by Crippen LogP contribution is -2.20. The fourth-order valence-electron chi connectivity index (χ4n) is 2.12. The molecular weight excluding hydrogens is 252 g/mol. The third-order valence-electron chi connectivity index (χ3n) is 3.07. The lowest BCUT2D eigenvalue weighted by molar-refractivity contribution is -0.0108. The molecule has 0 aliphatic carbocycles. The van der Waals surface area contributed by atoms with Crippen molar-refractivity contribution in [2.75, 3.05) is 12.3 Å². The van der Waals surface area contributed by atoms with Crippen molar-refractivity contribution in [3.63, 3.8) is 0 Å². The monoisotopic (exact) mass is 264 g/mol. The fourth-order valence-corrected chi connectivity index (χ4v) is 2.12. The maximum absolute atomic E-state index is 9.15. The number of nitrogens with two attached hydrogens (primary N) is 1. The summed E-state index contributed by atoms with van der Waals surface area (Å²) in [6.45, 7) is -0.250. The topological polar surface area (TPSA) is 132 Å². The van der Waals surface area contributed by atoms with Gasteiger partial charge in [0, 0.05) is 6.42 Å². The molecule has 0 saturated carbocycles. The largest absolute Gasteiger partial charge is 0.411 e. The van der Waals surface area contributed by atoms with Crippen LogP contribution in [-0.2, 0) is 4.74 Å². The van der Waals surface area contributed by atoms with Gasteiger partial charge in [-0.3, -0.25) is 4.57 Å². The second kappa shape index (κ2) is 4.44. The van der Waals surface area contributed by atoms with E-state index in [-0.39, 0.29) is 12.4 Å². The highest BCUT2D eigenvalue weighted by Crippen LogP contribution is 2.29. The molecular formula is C10H12N6O3. The third kappa shape index (κ3) is 1.79. The number of aromatic nitrogens is 4. The number of rotatable bonds is 2. The number of nitrogen functional groups attached to an aromatic ring is 1. The van der Waals surface area contributed by atoms with Crippen LogP contribution >= 0.6 is 0 Å². The Labute approximate surface area is 107 Å². The third-order valence-corrected chi connectivity index (χ3v) is 3.07. The molecule has 0 aromatic carbocycles. The number of aliphatic hydroxyl groups is 1. The molecule has 9 heteroatoms. The predicted octanol–water partition coefficient (Wildman–Crippen LogP) is -0.482. The molecule has 0 spiro atoms. The molecule has 2 unspecified atom stereocenters. The number of hydrogen-bond acceptors (Lipinski definition) is 8. The minimum Gasteiger partial charge on any atom is -0.411 e. The maximum Gasteiger partial charge on any atom is 0.167 e. The SMILES string of the molecule is Nc1ncnc2c1ncn2C1C/C(=N/O)C(CO)O1. The van der Waals surface area contributed by atoms with Crippen molar-refractivity contribution >= 4 is 22.7 Å². The van der Waals surface area contributed by atoms with Gasteiger partial charge in [-0.2, -0.15) is 0 Å². The second-order valence-corrected chi connectivity index (χ2v) is 4.14. The number of imidazole rings is 1. The first-order valence-corrected chi connectivity index (χ1v) is 5.64. The number of hydrogen-bond donors (Lipinski definition) is 3. The summed E-state index contributed by atoms with van der Waals surface area (Å²) >= 11 is 0. The zero-order chi connectivity index (χ0) is 13.4. The van der Waals surface area contributed by atoms with Gasteiger partial charge in [0.25, 0.3) is 0 Å². The van der Waals surface area contributed by atoms with E-state index in [9.17, 15) is 0 Å². The average Bonchev–Trinajstić information content (AvgIpc) is 3.02. The molecule has 1 aliphatic heterocycles. The van der Waals surface area contributed by atoms with Gasteiger partial charge < -0.3 is 20.8 Å². The second-order valence-electron chi connectivity index (χ2n) is 4.14. The van der Waals surface area contributed by atoms with Gasteiger partial charge >= 0.3 is 0 Å². The molecule has 3 heterocycles. The van der Waals surface area contributed by atoms with Crippen LogP contribution in [0.5, 0.6) is 0 Å². The molecule has 100 valence electrons. The Morgan fingerprint density at radius 1 is 1.47 bits per heavy atom. The van der Waals surface area contributed by atoms with Crippen molar-refractivity contribution in [1.82, 2.24) is 19.5 Å². The van der Waals surface area contributed by atoms with Gasteiger partial charge in [-0.15, -0.1) is 0 Å². The molecule has 9 nitrogen and oxygen atoms in total. The van der Waals surface area contributed by atoms with Gasteiger partial charge in [0.05, 0.1) is 18.6 Å². The van der Waals surface area contributed by atoms with Crippen LogP contribution in [0.15, 0.2) is 17.8 Å². The lowest BCUT2D eigenvalue weighted by Gasteiger charge is -2.12. The summed E-state index contributed by atoms with van der Waals surface area (Å²) in [4.78, 5) is 12.1. The predicted molar refractivity (Wildman–Crippen MR) is 64.6 cm³/mol. The summed E-state index contributed by atoms with van der Waals surface area (Å²) in [6, 6.07) is 0. The Hall–Kier alpha value is -2.26. The molecule has 1 aliphatic rings. The number of aliphatic hydroxyl groups excluding tert-OH is 1. The normalized spacial score (nSPS) is 25.4. The van der Waals surface area contributed by atoms with Crippen molar-refractivity contribution in [2.24, 2.45) is 5.16 Å². The molecule has 0 amide bonds. The average molecular weight is 264 g/mol. The first kappa shape index (κ1) is 11.8. The Balaban J connectivity index is 2.00. The van der Waals surface area contributed by atoms with Gasteiger partial charge in [-0.1, -0.05) is 5.16 Å². The molecule has 4 N–H and O–H groups in total. The highest BCUT2D eigenvalue weighted by atomic mass is 16.5. The van der Waals surface area contributed by atoms with E-state index in [4.69, 9.17) is 20.8 Å². The quantitative estimate of drug-likeness (QED) is 0.493. The molecule has 2 aromatic heterocycles. The van der Waals surface area contributed by atoms with Crippen LogP contribution in [0, 0.1) is 0 Å². The first-order valence-electron chi connectivity index (χ1n) is 5.64. The van der Waals surface area contributed by atoms with Crippen molar-refractivity contribution < 1.29 is 15.1 Å². The summed E-state index contributed by atoms with van der Waals surface area (Å²) in [5.74, 6) is 0.288. The number of nitrogens with zero attached hydrogens (tertiary/aromatic N) is 5. The molecule has 1 fully saturated rings. The molecule has 2 atom stereocenters. The van der Waals surface area contributed by atoms with E-state index in [0.717, 1.165) is 0 Å². The Bertz CT molecular complexity index is 639. The number of anilines is 1. The van der Waals surface area contributed by atoms with Gasteiger partial charge in [-0.25, -0.2) is 15.0 Å². The minimum atomic E-state index is -0.619. The zero-order valence-electron chi connectivity index (χ0n) is 9.84. The van der Waals surface area contributed by atoms with Gasteiger partial charge in [0.1, 0.15) is 24.2 Å². The Kier molecular flexibility index (Phi) is 2.76. The summed E-state index contributed by atoms with van der Waals surface area (Å²) in [6.07, 6.45) is 2.16. The summed E-state index contributed by atoms with van der Waals surface area (Å²) in [7, 11) is 0. The smallest absolute Gasteiger partial charge is 0.167 e. The highest BCUT2D eigenvalue weighted by Gasteiger charge is 2.33. The van der Waals surface area contributed by atoms with E-state index in [1.807, 2.05) is 0 Å². The molecule has 1 saturated heterocycles. The summed E-state index contributed by atoms with van der Waals surface area (Å²) in [5.41, 5.74) is 7.11. The van der Waals surface area contributed by atoms with Crippen LogP contribution in [0.1, 0.15) is 12.6 Å². The van der Waals surface area contributed by atoms with Crippen LogP contribution in [0.25, 0.3) is 11.2 Å². The molecule has 3 rings (SSSR count). The van der Waals surface area contributed by atoms with E-state index < -0.39 is 12.3 Å². The Morgan fingerprint density at radius 2 is 2.32 bits per heavy atom. The number of ether oxygens (including phenoxy) is 1. The highest BCUT2D eigenvalue weighted by molar-refractivity contribution is 5.90. The van der Waals surface area contributed by atoms with E-state index in [1.165, 1.54) is 12.7 Å². The van der Waals surface area contributed by atoms with Crippen molar-refractivity contribution in [1.29, 1.82) is 0 Å². The molecule has 2 aromatic rings. The lowest BCUT2D eigenvalue weighted by atomic mass is 10.2. The van der Waals surface area contributed by atoms with Crippen LogP contribution in [-0.4, -0.2) is 48.3 Å². The van der Waals surface area contributed by atoms with E-state index in [1.54, 1.807) is 4.57 Å². The van der Waals surface area contributed by atoms with Crippen LogP contribution < -0.4 is 5.73 Å². The Morgan fingerprint density at radius 3 is 3.00 bits per heavy atom. The first-order chi connectivity index (χ1) is 9.24. The molecule has 0 bridgehead atoms. The van der Waals surface area contributed by atoms with Crippen molar-refractivity contribution in [2.45, 2.75) is 18.8 Å². The molecule has 0 radical (unpaired) electrons. The van der Waals surface area contributed by atoms with Crippen molar-refractivity contribution in [3.8, 4) is 0 Å². The summed E-state index contributed by atoms with van der Waals surface area (Å²) in [5, 5.41) is 21.2. The molecule has 19 heavy (non-hydrogen) atoms. The standard InChI is InChI=1S/C10H12N6O3/c11-9-8-10(13-3-12-9)16(4-14-8)7-1-5(15-18)6(2-17)19-7/h3-4,6-7,17-18H,1-2H2,(H2,11,12,13)/b15-5-. The number of fused-ring (bicyclic) bond motifs is 1. The van der Waals surface area contributed by atoms with Crippen molar-refractivity contribution in [3.05, 3.63) is 12.7 Å². The zero-order valence-corrected chi connectivity index (χ0v) is 9.84.